The van der Waals surface area contributed by atoms with Crippen molar-refractivity contribution in [3.8, 4) is 5.75 Å². The molecule has 2 aliphatic heterocycles. The minimum absolute atomic E-state index is 0.0577. The molecule has 1 saturated carbocycles. The van der Waals surface area contributed by atoms with Crippen molar-refractivity contribution in [1.29, 1.82) is 0 Å². The molecule has 46 heavy (non-hydrogen) atoms. The van der Waals surface area contributed by atoms with E-state index in [0.29, 0.717) is 10.6 Å². The predicted molar refractivity (Wildman–Crippen MR) is 160 cm³/mol. The van der Waals surface area contributed by atoms with Gasteiger partial charge in [-0.3, -0.25) is 4.79 Å². The first-order chi connectivity index (χ1) is 21.8. The molecule has 10 atom stereocenters. The van der Waals surface area contributed by atoms with Crippen LogP contribution in [0.2, 0.25) is 5.02 Å². The van der Waals surface area contributed by atoms with Crippen LogP contribution < -0.4 is 10.1 Å². The van der Waals surface area contributed by atoms with Crippen LogP contribution in [0.1, 0.15) is 31.9 Å². The van der Waals surface area contributed by atoms with Gasteiger partial charge in [-0.05, 0) is 50.6 Å². The normalized spacial score (nSPS) is 34.7. The maximum absolute atomic E-state index is 15.1. The summed E-state index contributed by atoms with van der Waals surface area (Å²) in [6, 6.07) is 9.60. The standard InChI is InChI=1S/C31H36ClFN2O11/c1-14(29(40)34-21-22(36)24(38)27-26(23(21)37)42-13-43-27)10-16-8-9-20(19(33)11-16)45-30-31(3,41)28(39)25(46-30)15(2)35-44-12-17-6-4-5-7-18(17)32/h4-11,21-28,30,36-39,41H,12-13H2,1-3H3,(H,34,40)/b14-10+,35-15-/t21-,22+,23-,24-,25-,26+,27-,28+,30-,31-/m1/s1. The average molecular weight is 667 g/mol. The zero-order chi connectivity index (χ0) is 33.3. The fourth-order valence-corrected chi connectivity index (χ4v) is 5.68. The van der Waals surface area contributed by atoms with Crippen LogP contribution in [-0.2, 0) is 30.4 Å². The lowest BCUT2D eigenvalue weighted by atomic mass is 9.83. The molecule has 6 N–H and O–H groups in total. The lowest BCUT2D eigenvalue weighted by Crippen LogP contribution is -2.67. The molecule has 3 fully saturated rings. The highest BCUT2D eigenvalue weighted by atomic mass is 35.5. The summed E-state index contributed by atoms with van der Waals surface area (Å²) in [4.78, 5) is 18.2. The Balaban J connectivity index is 1.21. The van der Waals surface area contributed by atoms with Gasteiger partial charge in [0, 0.05) is 16.2 Å². The fraction of sp³-hybridized carbons (Fsp3) is 0.484. The number of hydrogen-bond donors (Lipinski definition) is 6. The number of carbonyl (C=O) groups is 1. The third-order valence-electron chi connectivity index (χ3n) is 8.26. The number of halogens is 2. The Bertz CT molecular complexity index is 1490. The second-order valence-electron chi connectivity index (χ2n) is 11.6. The maximum atomic E-state index is 15.1. The molecule has 0 spiro atoms. The molecule has 250 valence electrons. The minimum Gasteiger partial charge on any atom is -0.459 e. The second-order valence-corrected chi connectivity index (χ2v) is 12.1. The summed E-state index contributed by atoms with van der Waals surface area (Å²) in [5.41, 5.74) is -0.688. The molecule has 0 radical (unpaired) electrons. The van der Waals surface area contributed by atoms with Crippen molar-refractivity contribution in [3.05, 3.63) is 70.0 Å². The van der Waals surface area contributed by atoms with Gasteiger partial charge in [0.15, 0.2) is 17.2 Å². The molecule has 5 rings (SSSR count). The zero-order valence-electron chi connectivity index (χ0n) is 25.1. The molecular formula is C31H36ClFN2O11. The summed E-state index contributed by atoms with van der Waals surface area (Å²) in [6.45, 7) is 4.15. The number of hydrogen-bond acceptors (Lipinski definition) is 12. The Morgan fingerprint density at radius 3 is 2.50 bits per heavy atom. The number of ether oxygens (including phenoxy) is 4. The Morgan fingerprint density at radius 1 is 1.11 bits per heavy atom. The van der Waals surface area contributed by atoms with Crippen LogP contribution in [0.15, 0.2) is 53.2 Å². The van der Waals surface area contributed by atoms with Crippen molar-refractivity contribution >= 4 is 29.3 Å². The molecule has 3 aliphatic rings. The number of rotatable bonds is 9. The number of amides is 1. The van der Waals surface area contributed by atoms with E-state index in [1.54, 1.807) is 24.3 Å². The first-order valence-corrected chi connectivity index (χ1v) is 14.9. The van der Waals surface area contributed by atoms with Crippen molar-refractivity contribution in [3.63, 3.8) is 0 Å². The summed E-state index contributed by atoms with van der Waals surface area (Å²) in [7, 11) is 0. The van der Waals surface area contributed by atoms with E-state index in [2.05, 4.69) is 10.5 Å². The van der Waals surface area contributed by atoms with Gasteiger partial charge in [0.2, 0.25) is 12.2 Å². The van der Waals surface area contributed by atoms with E-state index in [1.807, 2.05) is 0 Å². The van der Waals surface area contributed by atoms with E-state index >= 15 is 4.39 Å². The maximum Gasteiger partial charge on any atom is 0.247 e. The fourth-order valence-electron chi connectivity index (χ4n) is 5.49. The van der Waals surface area contributed by atoms with Crippen molar-refractivity contribution in [2.45, 2.75) is 88.0 Å². The quantitative estimate of drug-likeness (QED) is 0.127. The van der Waals surface area contributed by atoms with Gasteiger partial charge in [0.1, 0.15) is 56.1 Å². The van der Waals surface area contributed by atoms with E-state index in [-0.39, 0.29) is 36.0 Å². The van der Waals surface area contributed by atoms with E-state index < -0.39 is 72.4 Å². The third-order valence-corrected chi connectivity index (χ3v) is 8.63. The third kappa shape index (κ3) is 6.90. The van der Waals surface area contributed by atoms with Gasteiger partial charge in [-0.15, -0.1) is 0 Å². The Morgan fingerprint density at radius 2 is 1.80 bits per heavy atom. The summed E-state index contributed by atoms with van der Waals surface area (Å²) < 4.78 is 37.0. The molecule has 2 saturated heterocycles. The van der Waals surface area contributed by atoms with Crippen LogP contribution in [0.25, 0.3) is 6.08 Å². The zero-order valence-corrected chi connectivity index (χ0v) is 25.9. The molecule has 13 nitrogen and oxygen atoms in total. The highest BCUT2D eigenvalue weighted by Gasteiger charge is 2.55. The first kappa shape index (κ1) is 34.2. The number of aliphatic hydroxyl groups excluding tert-OH is 4. The Labute approximate surface area is 268 Å². The van der Waals surface area contributed by atoms with E-state index in [1.165, 1.54) is 39.0 Å². The molecule has 1 aliphatic carbocycles. The summed E-state index contributed by atoms with van der Waals surface area (Å²) in [6.07, 6.45) is -8.85. The Kier molecular flexibility index (Phi) is 10.3. The van der Waals surface area contributed by atoms with Gasteiger partial charge >= 0.3 is 0 Å². The first-order valence-electron chi connectivity index (χ1n) is 14.5. The van der Waals surface area contributed by atoms with E-state index in [0.717, 1.165) is 6.07 Å². The molecule has 2 aromatic carbocycles. The number of nitrogens with one attached hydrogen (secondary N) is 1. The molecule has 1 amide bonds. The number of fused-ring (bicyclic) bond motifs is 1. The highest BCUT2D eigenvalue weighted by molar-refractivity contribution is 6.31. The van der Waals surface area contributed by atoms with Gasteiger partial charge < -0.3 is 54.6 Å². The molecule has 0 aromatic heterocycles. The van der Waals surface area contributed by atoms with Crippen molar-refractivity contribution < 1.29 is 58.5 Å². The van der Waals surface area contributed by atoms with Gasteiger partial charge in [-0.1, -0.05) is 41.0 Å². The lowest BCUT2D eigenvalue weighted by molar-refractivity contribution is -0.155. The lowest BCUT2D eigenvalue weighted by Gasteiger charge is -2.41. The molecule has 2 aromatic rings. The second kappa shape index (κ2) is 13.9. The number of benzene rings is 2. The largest absolute Gasteiger partial charge is 0.459 e. The van der Waals surface area contributed by atoms with Crippen LogP contribution in [0.5, 0.6) is 5.75 Å². The van der Waals surface area contributed by atoms with E-state index in [9.17, 15) is 30.3 Å². The minimum atomic E-state index is -1.96. The van der Waals surface area contributed by atoms with Gasteiger partial charge in [-0.25, -0.2) is 4.39 Å². The topological polar surface area (TPSA) is 189 Å². The van der Waals surface area contributed by atoms with Crippen LogP contribution in [0, 0.1) is 5.82 Å². The number of aliphatic hydroxyl groups is 5. The van der Waals surface area contributed by atoms with Crippen molar-refractivity contribution in [2.75, 3.05) is 6.79 Å². The highest BCUT2D eigenvalue weighted by Crippen LogP contribution is 2.35. The van der Waals surface area contributed by atoms with Crippen LogP contribution >= 0.6 is 11.6 Å². The molecule has 0 bridgehead atoms. The average Bonchev–Trinajstić information content (AvgIpc) is 3.60. The van der Waals surface area contributed by atoms with Crippen LogP contribution in [-0.4, -0.2) is 105 Å². The van der Waals surface area contributed by atoms with Crippen molar-refractivity contribution in [2.24, 2.45) is 5.16 Å². The van der Waals surface area contributed by atoms with E-state index in [4.69, 9.17) is 35.4 Å². The SMILES string of the molecule is C/C(=N/OCc1ccccc1Cl)[C@H]1O[C@@H](Oc2ccc(/C=C(\C)C(=O)N[C@@H]3[C@H](O)[C@@H](O)[C@H]4OCO[C@H]4[C@@H]3O)cc2F)[C@](C)(O)[C@H]1O. The van der Waals surface area contributed by atoms with Gasteiger partial charge in [-0.2, -0.15) is 0 Å². The number of nitrogens with zero attached hydrogens (tertiary/aromatic N) is 1. The summed E-state index contributed by atoms with van der Waals surface area (Å²) in [5, 5.41) is 60.0. The summed E-state index contributed by atoms with van der Waals surface area (Å²) >= 11 is 6.12. The predicted octanol–water partition coefficient (Wildman–Crippen LogP) is 1.01. The van der Waals surface area contributed by atoms with Gasteiger partial charge in [0.25, 0.3) is 0 Å². The molecule has 15 heteroatoms. The summed E-state index contributed by atoms with van der Waals surface area (Å²) in [5.74, 6) is -1.83. The number of carbonyl (C=O) groups excluding carboxylic acids is 1. The number of oxime groups is 1. The monoisotopic (exact) mass is 666 g/mol. The van der Waals surface area contributed by atoms with Crippen LogP contribution in [0.3, 0.4) is 0 Å². The van der Waals surface area contributed by atoms with Crippen molar-refractivity contribution in [1.82, 2.24) is 5.32 Å². The molecule has 0 unspecified atom stereocenters. The molecular weight excluding hydrogens is 631 g/mol. The molecule has 2 heterocycles. The Hall–Kier alpha value is -3.18. The van der Waals surface area contributed by atoms with Gasteiger partial charge in [0.05, 0.1) is 11.8 Å². The smallest absolute Gasteiger partial charge is 0.247 e. The van der Waals surface area contributed by atoms with Crippen LogP contribution in [0.4, 0.5) is 4.39 Å².